The Balaban J connectivity index is 1.30. The molecule has 154 valence electrons. The molecule has 1 aliphatic rings. The van der Waals surface area contributed by atoms with Crippen molar-refractivity contribution in [3.8, 4) is 5.82 Å². The van der Waals surface area contributed by atoms with Gasteiger partial charge in [0.25, 0.3) is 5.91 Å². The highest BCUT2D eigenvalue weighted by Crippen LogP contribution is 2.16. The number of carbonyl (C=O) groups is 2. The normalized spacial score (nSPS) is 13.9. The first-order valence-corrected chi connectivity index (χ1v) is 9.81. The van der Waals surface area contributed by atoms with E-state index in [0.29, 0.717) is 37.6 Å². The fourth-order valence-electron chi connectivity index (χ4n) is 3.32. The van der Waals surface area contributed by atoms with Crippen LogP contribution in [0.2, 0.25) is 0 Å². The van der Waals surface area contributed by atoms with Gasteiger partial charge in [-0.25, -0.2) is 14.6 Å². The molecular weight excluding hydrogens is 382 g/mol. The molecule has 3 heterocycles. The topological polar surface area (TPSA) is 96.2 Å². The quantitative estimate of drug-likeness (QED) is 0.682. The first kappa shape index (κ1) is 19.6. The highest BCUT2D eigenvalue weighted by Gasteiger charge is 2.22. The van der Waals surface area contributed by atoms with Crippen LogP contribution in [0.15, 0.2) is 55.0 Å². The first-order chi connectivity index (χ1) is 14.6. The smallest absolute Gasteiger partial charge is 0.251 e. The lowest BCUT2D eigenvalue weighted by atomic mass is 10.2. The van der Waals surface area contributed by atoms with E-state index in [1.807, 2.05) is 31.3 Å². The van der Waals surface area contributed by atoms with Crippen LogP contribution in [0.3, 0.4) is 0 Å². The molecule has 1 fully saturated rings. The van der Waals surface area contributed by atoms with E-state index >= 15 is 0 Å². The number of rotatable bonds is 5. The second-order valence-electron chi connectivity index (χ2n) is 7.05. The van der Waals surface area contributed by atoms with Crippen LogP contribution in [0.25, 0.3) is 5.82 Å². The van der Waals surface area contributed by atoms with Crippen LogP contribution in [0.4, 0.5) is 5.82 Å². The molecule has 2 amide bonds. The third-order valence-electron chi connectivity index (χ3n) is 4.99. The van der Waals surface area contributed by atoms with E-state index in [4.69, 9.17) is 0 Å². The molecule has 9 heteroatoms. The SMILES string of the molecule is Cc1ccn(-c2cc(N3CCN(C(=O)CNC(=O)c4ccccc4)CC3)ncn2)n1. The number of aromatic nitrogens is 4. The average molecular weight is 405 g/mol. The summed E-state index contributed by atoms with van der Waals surface area (Å²) < 4.78 is 1.72. The van der Waals surface area contributed by atoms with Crippen LogP contribution in [0.1, 0.15) is 16.1 Å². The second kappa shape index (κ2) is 8.73. The molecule has 0 radical (unpaired) electrons. The lowest BCUT2D eigenvalue weighted by Gasteiger charge is -2.35. The van der Waals surface area contributed by atoms with Crippen LogP contribution in [-0.4, -0.2) is 69.2 Å². The first-order valence-electron chi connectivity index (χ1n) is 9.81. The average Bonchev–Trinajstić information content (AvgIpc) is 3.24. The molecule has 0 spiro atoms. The van der Waals surface area contributed by atoms with Gasteiger partial charge in [-0.15, -0.1) is 0 Å². The van der Waals surface area contributed by atoms with E-state index in [-0.39, 0.29) is 18.4 Å². The van der Waals surface area contributed by atoms with Gasteiger partial charge in [0.15, 0.2) is 5.82 Å². The molecule has 0 atom stereocenters. The maximum Gasteiger partial charge on any atom is 0.251 e. The molecule has 2 aromatic heterocycles. The standard InChI is InChI=1S/C21H23N7O2/c1-16-7-8-28(25-16)19-13-18(23-15-24-19)26-9-11-27(12-10-26)20(29)14-22-21(30)17-5-3-2-4-6-17/h2-8,13,15H,9-12,14H2,1H3,(H,22,30). The highest BCUT2D eigenvalue weighted by atomic mass is 16.2. The molecule has 1 aromatic carbocycles. The zero-order chi connectivity index (χ0) is 20.9. The molecule has 0 saturated carbocycles. The molecule has 1 N–H and O–H groups in total. The fraction of sp³-hybridized carbons (Fsp3) is 0.286. The minimum Gasteiger partial charge on any atom is -0.353 e. The van der Waals surface area contributed by atoms with Gasteiger partial charge in [-0.3, -0.25) is 9.59 Å². The van der Waals surface area contributed by atoms with Gasteiger partial charge < -0.3 is 15.1 Å². The molecule has 0 aliphatic carbocycles. The number of hydrogen-bond donors (Lipinski definition) is 1. The number of aryl methyl sites for hydroxylation is 1. The summed E-state index contributed by atoms with van der Waals surface area (Å²) in [4.78, 5) is 37.1. The van der Waals surface area contributed by atoms with Crippen molar-refractivity contribution in [2.24, 2.45) is 0 Å². The molecule has 3 aromatic rings. The van der Waals surface area contributed by atoms with Gasteiger partial charge in [-0.2, -0.15) is 5.10 Å². The van der Waals surface area contributed by atoms with Crippen molar-refractivity contribution in [3.63, 3.8) is 0 Å². The molecule has 0 unspecified atom stereocenters. The van der Waals surface area contributed by atoms with Gasteiger partial charge in [0, 0.05) is 44.0 Å². The Morgan fingerprint density at radius 2 is 1.73 bits per heavy atom. The van der Waals surface area contributed by atoms with Crippen molar-refractivity contribution in [2.75, 3.05) is 37.6 Å². The summed E-state index contributed by atoms with van der Waals surface area (Å²) in [6.07, 6.45) is 3.39. The van der Waals surface area contributed by atoms with Gasteiger partial charge in [0.05, 0.1) is 12.2 Å². The van der Waals surface area contributed by atoms with Crippen molar-refractivity contribution in [1.82, 2.24) is 30.0 Å². The minimum atomic E-state index is -0.245. The number of nitrogens with zero attached hydrogens (tertiary/aromatic N) is 6. The van der Waals surface area contributed by atoms with E-state index in [9.17, 15) is 9.59 Å². The molecular formula is C21H23N7O2. The van der Waals surface area contributed by atoms with Crippen molar-refractivity contribution in [3.05, 3.63) is 66.2 Å². The maximum atomic E-state index is 12.5. The molecule has 4 rings (SSSR count). The molecule has 30 heavy (non-hydrogen) atoms. The Morgan fingerprint density at radius 3 is 2.43 bits per heavy atom. The number of carbonyl (C=O) groups excluding carboxylic acids is 2. The summed E-state index contributed by atoms with van der Waals surface area (Å²) in [6, 6.07) is 12.7. The molecule has 9 nitrogen and oxygen atoms in total. The van der Waals surface area contributed by atoms with Crippen LogP contribution >= 0.6 is 0 Å². The van der Waals surface area contributed by atoms with E-state index in [1.54, 1.807) is 33.8 Å². The van der Waals surface area contributed by atoms with Crippen LogP contribution in [-0.2, 0) is 4.79 Å². The van der Waals surface area contributed by atoms with Gasteiger partial charge in [0.2, 0.25) is 5.91 Å². The highest BCUT2D eigenvalue weighted by molar-refractivity contribution is 5.96. The molecule has 1 saturated heterocycles. The number of anilines is 1. The molecule has 0 bridgehead atoms. The summed E-state index contributed by atoms with van der Waals surface area (Å²) in [6.45, 7) is 4.38. The summed E-state index contributed by atoms with van der Waals surface area (Å²) in [5.41, 5.74) is 1.46. The monoisotopic (exact) mass is 405 g/mol. The zero-order valence-electron chi connectivity index (χ0n) is 16.7. The van der Waals surface area contributed by atoms with Crippen molar-refractivity contribution in [2.45, 2.75) is 6.92 Å². The summed E-state index contributed by atoms with van der Waals surface area (Å²) in [5, 5.41) is 7.07. The zero-order valence-corrected chi connectivity index (χ0v) is 16.7. The third-order valence-corrected chi connectivity index (χ3v) is 4.99. The minimum absolute atomic E-state index is 0.00989. The van der Waals surface area contributed by atoms with E-state index in [2.05, 4.69) is 25.3 Å². The van der Waals surface area contributed by atoms with Crippen molar-refractivity contribution in [1.29, 1.82) is 0 Å². The van der Waals surface area contributed by atoms with Gasteiger partial charge in [-0.1, -0.05) is 18.2 Å². The van der Waals surface area contributed by atoms with Crippen molar-refractivity contribution >= 4 is 17.6 Å². The fourth-order valence-corrected chi connectivity index (χ4v) is 3.32. The van der Waals surface area contributed by atoms with E-state index < -0.39 is 0 Å². The summed E-state index contributed by atoms with van der Waals surface area (Å²) in [5.74, 6) is 1.17. The Labute approximate surface area is 174 Å². The Hall–Kier alpha value is -3.75. The van der Waals surface area contributed by atoms with Crippen LogP contribution in [0, 0.1) is 6.92 Å². The Kier molecular flexibility index (Phi) is 5.69. The largest absolute Gasteiger partial charge is 0.353 e. The Morgan fingerprint density at radius 1 is 1.00 bits per heavy atom. The molecule has 1 aliphatic heterocycles. The maximum absolute atomic E-state index is 12.5. The van der Waals surface area contributed by atoms with E-state index in [0.717, 1.165) is 11.5 Å². The summed E-state index contributed by atoms with van der Waals surface area (Å²) in [7, 11) is 0. The number of hydrogen-bond acceptors (Lipinski definition) is 6. The van der Waals surface area contributed by atoms with Crippen LogP contribution < -0.4 is 10.2 Å². The summed E-state index contributed by atoms with van der Waals surface area (Å²) >= 11 is 0. The number of benzene rings is 1. The van der Waals surface area contributed by atoms with Gasteiger partial charge in [-0.05, 0) is 25.1 Å². The third kappa shape index (κ3) is 4.45. The Bertz CT molecular complexity index is 1030. The lowest BCUT2D eigenvalue weighted by molar-refractivity contribution is -0.130. The second-order valence-corrected chi connectivity index (χ2v) is 7.05. The van der Waals surface area contributed by atoms with Crippen LogP contribution in [0.5, 0.6) is 0 Å². The van der Waals surface area contributed by atoms with Gasteiger partial charge >= 0.3 is 0 Å². The number of nitrogens with one attached hydrogen (secondary N) is 1. The van der Waals surface area contributed by atoms with Crippen molar-refractivity contribution < 1.29 is 9.59 Å². The predicted molar refractivity (Wildman–Crippen MR) is 111 cm³/mol. The number of amides is 2. The van der Waals surface area contributed by atoms with Gasteiger partial charge in [0.1, 0.15) is 12.1 Å². The lowest BCUT2D eigenvalue weighted by Crippen LogP contribution is -2.51. The van der Waals surface area contributed by atoms with E-state index in [1.165, 1.54) is 6.33 Å². The number of piperazine rings is 1. The predicted octanol–water partition coefficient (Wildman–Crippen LogP) is 1.05.